The maximum absolute atomic E-state index is 12.9. The van der Waals surface area contributed by atoms with Crippen molar-refractivity contribution in [3.8, 4) is 5.75 Å². The largest absolute Gasteiger partial charge is 0.493 e. The summed E-state index contributed by atoms with van der Waals surface area (Å²) in [5.41, 5.74) is 2.04. The first-order chi connectivity index (χ1) is 13.1. The van der Waals surface area contributed by atoms with Crippen LogP contribution in [0.2, 0.25) is 5.02 Å². The molecule has 1 aliphatic heterocycles. The van der Waals surface area contributed by atoms with Crippen molar-refractivity contribution in [2.24, 2.45) is 0 Å². The van der Waals surface area contributed by atoms with Gasteiger partial charge < -0.3 is 9.47 Å². The van der Waals surface area contributed by atoms with E-state index in [2.05, 4.69) is 0 Å². The van der Waals surface area contributed by atoms with Gasteiger partial charge in [0.1, 0.15) is 17.3 Å². The molecule has 0 spiro atoms. The number of rotatable bonds is 4. The van der Waals surface area contributed by atoms with Crippen LogP contribution in [0.1, 0.15) is 63.4 Å². The molecule has 3 aliphatic rings. The molecule has 1 aromatic carbocycles. The van der Waals surface area contributed by atoms with Crippen molar-refractivity contribution in [1.29, 1.82) is 0 Å². The van der Waals surface area contributed by atoms with Crippen LogP contribution in [0.25, 0.3) is 0 Å². The second-order valence-corrected chi connectivity index (χ2v) is 7.73. The minimum Gasteiger partial charge on any atom is -0.493 e. The number of carbonyl (C=O) groups excluding carboxylic acids is 2. The van der Waals surface area contributed by atoms with Crippen molar-refractivity contribution in [2.75, 3.05) is 6.61 Å². The quantitative estimate of drug-likeness (QED) is 0.708. The van der Waals surface area contributed by atoms with Crippen molar-refractivity contribution in [1.82, 2.24) is 0 Å². The minimum atomic E-state index is -0.435. The van der Waals surface area contributed by atoms with Crippen molar-refractivity contribution < 1.29 is 19.1 Å². The minimum absolute atomic E-state index is 0.0626. The maximum atomic E-state index is 12.9. The molecule has 0 saturated heterocycles. The number of halogens is 1. The summed E-state index contributed by atoms with van der Waals surface area (Å²) in [4.78, 5) is 25.7. The molecule has 27 heavy (non-hydrogen) atoms. The Morgan fingerprint density at radius 2 is 1.67 bits per heavy atom. The van der Waals surface area contributed by atoms with Gasteiger partial charge in [-0.3, -0.25) is 9.59 Å². The van der Waals surface area contributed by atoms with Crippen LogP contribution in [0.3, 0.4) is 0 Å². The fraction of sp³-hybridized carbons (Fsp3) is 0.455. The second-order valence-electron chi connectivity index (χ2n) is 7.29. The highest BCUT2D eigenvalue weighted by atomic mass is 35.5. The summed E-state index contributed by atoms with van der Waals surface area (Å²) in [5.74, 6) is 1.83. The Labute approximate surface area is 164 Å². The molecule has 1 heterocycles. The molecule has 0 N–H and O–H groups in total. The number of hydrogen-bond acceptors (Lipinski definition) is 4. The van der Waals surface area contributed by atoms with E-state index in [0.717, 1.165) is 49.2 Å². The summed E-state index contributed by atoms with van der Waals surface area (Å²) >= 11 is 6.30. The molecule has 5 heteroatoms. The average Bonchev–Trinajstić information content (AvgIpc) is 2.66. The van der Waals surface area contributed by atoms with Gasteiger partial charge in [-0.15, -0.1) is 0 Å². The van der Waals surface area contributed by atoms with Crippen LogP contribution in [0.4, 0.5) is 0 Å². The van der Waals surface area contributed by atoms with Crippen LogP contribution in [0.15, 0.2) is 40.9 Å². The zero-order chi connectivity index (χ0) is 19.0. The molecular formula is C22H23ClO4. The summed E-state index contributed by atoms with van der Waals surface area (Å²) in [6, 6.07) is 5.46. The molecule has 0 amide bonds. The lowest BCUT2D eigenvalue weighted by molar-refractivity contribution is -0.117. The molecule has 0 radical (unpaired) electrons. The van der Waals surface area contributed by atoms with Crippen molar-refractivity contribution in [3.05, 3.63) is 51.4 Å². The normalized spacial score (nSPS) is 20.4. The summed E-state index contributed by atoms with van der Waals surface area (Å²) < 4.78 is 12.0. The number of hydrogen-bond donors (Lipinski definition) is 0. The molecule has 0 atom stereocenters. The predicted molar refractivity (Wildman–Crippen MR) is 103 cm³/mol. The topological polar surface area (TPSA) is 52.6 Å². The number of allylic oxidation sites excluding steroid dienone is 4. The molecule has 2 aliphatic carbocycles. The second kappa shape index (κ2) is 7.51. The number of Topliss-reactive ketones (excluding diaryl/α,β-unsaturated/α-hetero) is 2. The van der Waals surface area contributed by atoms with Crippen LogP contribution in [0.5, 0.6) is 5.75 Å². The summed E-state index contributed by atoms with van der Waals surface area (Å²) in [6.07, 6.45) is 4.88. The van der Waals surface area contributed by atoms with Gasteiger partial charge in [-0.05, 0) is 37.5 Å². The Hall–Kier alpha value is -2.07. The van der Waals surface area contributed by atoms with Gasteiger partial charge in [0.05, 0.1) is 12.5 Å². The first-order valence-electron chi connectivity index (χ1n) is 9.72. The Balaban J connectivity index is 1.91. The van der Waals surface area contributed by atoms with Gasteiger partial charge in [-0.25, -0.2) is 0 Å². The molecular weight excluding hydrogens is 364 g/mol. The van der Waals surface area contributed by atoms with Crippen molar-refractivity contribution >= 4 is 23.2 Å². The summed E-state index contributed by atoms with van der Waals surface area (Å²) in [7, 11) is 0. The Morgan fingerprint density at radius 3 is 2.26 bits per heavy atom. The zero-order valence-electron chi connectivity index (χ0n) is 15.5. The van der Waals surface area contributed by atoms with E-state index >= 15 is 0 Å². The Bertz CT molecular complexity index is 823. The van der Waals surface area contributed by atoms with Crippen molar-refractivity contribution in [3.63, 3.8) is 0 Å². The van der Waals surface area contributed by atoms with Crippen molar-refractivity contribution in [2.45, 2.75) is 57.8 Å². The van der Waals surface area contributed by atoms with E-state index < -0.39 is 5.92 Å². The number of ketones is 2. The van der Waals surface area contributed by atoms with E-state index in [9.17, 15) is 9.59 Å². The molecule has 0 fully saturated rings. The Morgan fingerprint density at radius 1 is 1.04 bits per heavy atom. The fourth-order valence-corrected chi connectivity index (χ4v) is 4.40. The average molecular weight is 387 g/mol. The number of carbonyl (C=O) groups is 2. The van der Waals surface area contributed by atoms with Crippen LogP contribution in [0, 0.1) is 0 Å². The van der Waals surface area contributed by atoms with Gasteiger partial charge in [0.2, 0.25) is 0 Å². The van der Waals surface area contributed by atoms with E-state index in [4.69, 9.17) is 21.1 Å². The van der Waals surface area contributed by atoms with Crippen LogP contribution >= 0.6 is 11.6 Å². The molecule has 0 bridgehead atoms. The lowest BCUT2D eigenvalue weighted by Crippen LogP contribution is -2.30. The highest BCUT2D eigenvalue weighted by molar-refractivity contribution is 6.30. The standard InChI is InChI=1S/C22H23ClO4/c1-2-11-26-17-10-9-13(23)12-14(17)20-21-15(24)5-3-7-18(21)27-19-8-4-6-16(25)22(19)20/h9-10,12,20H,2-8,11H2,1H3. The van der Waals surface area contributed by atoms with E-state index in [1.165, 1.54) is 0 Å². The third-order valence-electron chi connectivity index (χ3n) is 5.39. The van der Waals surface area contributed by atoms with E-state index in [-0.39, 0.29) is 11.6 Å². The molecule has 4 rings (SSSR count). The maximum Gasteiger partial charge on any atom is 0.163 e. The number of ether oxygens (including phenoxy) is 2. The van der Waals surface area contributed by atoms with Gasteiger partial charge in [0, 0.05) is 47.4 Å². The molecule has 0 saturated carbocycles. The third kappa shape index (κ3) is 3.31. The molecule has 0 aromatic heterocycles. The van der Waals surface area contributed by atoms with E-state index in [1.54, 1.807) is 6.07 Å². The van der Waals surface area contributed by atoms with Crippen LogP contribution in [-0.2, 0) is 14.3 Å². The first-order valence-corrected chi connectivity index (χ1v) is 10.1. The first kappa shape index (κ1) is 18.3. The summed E-state index contributed by atoms with van der Waals surface area (Å²) in [6.45, 7) is 2.61. The molecule has 1 aromatic rings. The van der Waals surface area contributed by atoms with E-state index in [1.807, 2.05) is 19.1 Å². The highest BCUT2D eigenvalue weighted by Gasteiger charge is 2.42. The SMILES string of the molecule is CCCOc1ccc(Cl)cc1C1C2=C(CCCC2=O)OC2=C1C(=O)CCC2. The lowest BCUT2D eigenvalue weighted by atomic mass is 9.73. The smallest absolute Gasteiger partial charge is 0.163 e. The van der Waals surface area contributed by atoms with Gasteiger partial charge in [-0.1, -0.05) is 18.5 Å². The lowest BCUT2D eigenvalue weighted by Gasteiger charge is -2.36. The zero-order valence-corrected chi connectivity index (χ0v) is 16.2. The Kier molecular flexibility index (Phi) is 5.09. The predicted octanol–water partition coefficient (Wildman–Crippen LogP) is 5.26. The fourth-order valence-electron chi connectivity index (χ4n) is 4.22. The van der Waals surface area contributed by atoms with Crippen LogP contribution < -0.4 is 4.74 Å². The number of benzene rings is 1. The van der Waals surface area contributed by atoms with Gasteiger partial charge >= 0.3 is 0 Å². The molecule has 4 nitrogen and oxygen atoms in total. The molecule has 142 valence electrons. The van der Waals surface area contributed by atoms with Gasteiger partial charge in [-0.2, -0.15) is 0 Å². The monoisotopic (exact) mass is 386 g/mol. The summed E-state index contributed by atoms with van der Waals surface area (Å²) in [5, 5.41) is 0.566. The van der Waals surface area contributed by atoms with Gasteiger partial charge in [0.15, 0.2) is 11.6 Å². The molecule has 0 unspecified atom stereocenters. The van der Waals surface area contributed by atoms with Crippen LogP contribution in [-0.4, -0.2) is 18.2 Å². The van der Waals surface area contributed by atoms with Gasteiger partial charge in [0.25, 0.3) is 0 Å². The third-order valence-corrected chi connectivity index (χ3v) is 5.62. The highest BCUT2D eigenvalue weighted by Crippen LogP contribution is 2.50. The van der Waals surface area contributed by atoms with E-state index in [0.29, 0.717) is 41.4 Å².